The average molecular weight is 325 g/mol. The maximum absolute atomic E-state index is 12.2. The van der Waals surface area contributed by atoms with Gasteiger partial charge in [-0.1, -0.05) is 25.1 Å². The molecule has 24 heavy (non-hydrogen) atoms. The van der Waals surface area contributed by atoms with E-state index in [1.54, 1.807) is 0 Å². The molecule has 1 unspecified atom stereocenters. The van der Waals surface area contributed by atoms with Crippen molar-refractivity contribution in [2.45, 2.75) is 45.6 Å². The standard InChI is InChI=1S/C20H27N3O/c1-3-13(2)23-19(24)10-14(11-21)9-15-7-8-16-12-22-18-6-4-5-17(15)20(16)18/h4-6,9,12-14,22H,3,7-8,10-11,21H2,1-2H3,(H,23,24)/b15-9+/t13-,14?/m1/s1. The Bertz CT molecular complexity index is 759. The summed E-state index contributed by atoms with van der Waals surface area (Å²) >= 11 is 0. The van der Waals surface area contributed by atoms with Crippen LogP contribution in [0.1, 0.15) is 44.2 Å². The largest absolute Gasteiger partial charge is 0.361 e. The number of aromatic nitrogens is 1. The summed E-state index contributed by atoms with van der Waals surface area (Å²) in [5.74, 6) is 0.174. The number of benzene rings is 1. The van der Waals surface area contributed by atoms with Gasteiger partial charge < -0.3 is 16.0 Å². The Morgan fingerprint density at radius 1 is 1.42 bits per heavy atom. The fraction of sp³-hybridized carbons (Fsp3) is 0.450. The second-order valence-electron chi connectivity index (χ2n) is 6.81. The van der Waals surface area contributed by atoms with Gasteiger partial charge in [0, 0.05) is 29.6 Å². The van der Waals surface area contributed by atoms with Gasteiger partial charge in [-0.15, -0.1) is 0 Å². The molecule has 128 valence electrons. The van der Waals surface area contributed by atoms with Crippen LogP contribution in [0.4, 0.5) is 0 Å². The van der Waals surface area contributed by atoms with E-state index in [2.05, 4.69) is 47.7 Å². The Morgan fingerprint density at radius 2 is 2.25 bits per heavy atom. The smallest absolute Gasteiger partial charge is 0.220 e. The maximum atomic E-state index is 12.2. The molecule has 4 N–H and O–H groups in total. The number of aryl methyl sites for hydroxylation is 1. The fourth-order valence-corrected chi connectivity index (χ4v) is 3.47. The highest BCUT2D eigenvalue weighted by Gasteiger charge is 2.19. The van der Waals surface area contributed by atoms with Crippen molar-refractivity contribution in [3.63, 3.8) is 0 Å². The highest BCUT2D eigenvalue weighted by Crippen LogP contribution is 2.36. The zero-order valence-electron chi connectivity index (χ0n) is 14.6. The molecule has 0 spiro atoms. The van der Waals surface area contributed by atoms with Crippen molar-refractivity contribution in [3.05, 3.63) is 41.6 Å². The van der Waals surface area contributed by atoms with Crippen LogP contribution in [0.3, 0.4) is 0 Å². The number of hydrogen-bond donors (Lipinski definition) is 3. The number of carbonyl (C=O) groups excluding carboxylic acids is 1. The van der Waals surface area contributed by atoms with Crippen molar-refractivity contribution >= 4 is 22.4 Å². The Hall–Kier alpha value is -2.07. The van der Waals surface area contributed by atoms with Gasteiger partial charge in [0.2, 0.25) is 5.91 Å². The van der Waals surface area contributed by atoms with Gasteiger partial charge in [-0.3, -0.25) is 4.79 Å². The van der Waals surface area contributed by atoms with Crippen molar-refractivity contribution in [1.82, 2.24) is 10.3 Å². The number of carbonyl (C=O) groups is 1. The summed E-state index contributed by atoms with van der Waals surface area (Å²) in [6.07, 6.45) is 7.79. The summed E-state index contributed by atoms with van der Waals surface area (Å²) in [6.45, 7) is 4.60. The van der Waals surface area contributed by atoms with Crippen molar-refractivity contribution in [2.24, 2.45) is 11.7 Å². The summed E-state index contributed by atoms with van der Waals surface area (Å²) in [7, 11) is 0. The van der Waals surface area contributed by atoms with Gasteiger partial charge in [-0.05, 0) is 61.4 Å². The Kier molecular flexibility index (Phi) is 5.05. The zero-order valence-corrected chi connectivity index (χ0v) is 14.6. The van der Waals surface area contributed by atoms with E-state index in [4.69, 9.17) is 5.73 Å². The fourth-order valence-electron chi connectivity index (χ4n) is 3.47. The van der Waals surface area contributed by atoms with Crippen LogP contribution < -0.4 is 11.1 Å². The number of nitrogens with one attached hydrogen (secondary N) is 2. The summed E-state index contributed by atoms with van der Waals surface area (Å²) in [5.41, 5.74) is 11.1. The van der Waals surface area contributed by atoms with Crippen LogP contribution in [0.25, 0.3) is 16.5 Å². The Balaban J connectivity index is 1.81. The topological polar surface area (TPSA) is 70.9 Å². The van der Waals surface area contributed by atoms with Crippen LogP contribution in [-0.2, 0) is 11.2 Å². The minimum absolute atomic E-state index is 0.0832. The monoisotopic (exact) mass is 325 g/mol. The van der Waals surface area contributed by atoms with Crippen LogP contribution in [0.15, 0.2) is 30.5 Å². The number of aromatic amines is 1. The van der Waals surface area contributed by atoms with Gasteiger partial charge in [0.05, 0.1) is 0 Å². The highest BCUT2D eigenvalue weighted by molar-refractivity contribution is 5.96. The third-order valence-electron chi connectivity index (χ3n) is 5.00. The van der Waals surface area contributed by atoms with E-state index in [1.165, 1.54) is 27.6 Å². The molecular weight excluding hydrogens is 298 g/mol. The molecule has 0 saturated heterocycles. The Labute approximate surface area is 143 Å². The molecule has 2 aromatic rings. The molecular formula is C20H27N3O. The van der Waals surface area contributed by atoms with Crippen LogP contribution in [-0.4, -0.2) is 23.5 Å². The van der Waals surface area contributed by atoms with Crippen LogP contribution in [0.2, 0.25) is 0 Å². The molecule has 0 radical (unpaired) electrons. The summed E-state index contributed by atoms with van der Waals surface area (Å²) in [6, 6.07) is 6.60. The molecule has 1 amide bonds. The van der Waals surface area contributed by atoms with E-state index < -0.39 is 0 Å². The van der Waals surface area contributed by atoms with Crippen molar-refractivity contribution in [1.29, 1.82) is 0 Å². The molecule has 2 atom stereocenters. The first-order chi connectivity index (χ1) is 11.6. The van der Waals surface area contributed by atoms with Crippen LogP contribution in [0.5, 0.6) is 0 Å². The van der Waals surface area contributed by atoms with Gasteiger partial charge in [0.25, 0.3) is 0 Å². The second-order valence-corrected chi connectivity index (χ2v) is 6.81. The number of allylic oxidation sites excluding steroid dienone is 1. The minimum atomic E-state index is 0.0832. The van der Waals surface area contributed by atoms with Crippen LogP contribution in [0, 0.1) is 5.92 Å². The number of amides is 1. The molecule has 4 heteroatoms. The van der Waals surface area contributed by atoms with E-state index in [-0.39, 0.29) is 17.9 Å². The molecule has 1 heterocycles. The summed E-state index contributed by atoms with van der Waals surface area (Å²) in [4.78, 5) is 15.5. The van der Waals surface area contributed by atoms with E-state index in [0.717, 1.165) is 19.3 Å². The van der Waals surface area contributed by atoms with E-state index in [1.807, 2.05) is 6.92 Å². The number of H-pyrrole nitrogens is 1. The lowest BCUT2D eigenvalue weighted by Crippen LogP contribution is -2.34. The maximum Gasteiger partial charge on any atom is 0.220 e. The molecule has 3 rings (SSSR count). The van der Waals surface area contributed by atoms with Gasteiger partial charge in [0.1, 0.15) is 0 Å². The van der Waals surface area contributed by atoms with Crippen molar-refractivity contribution in [3.8, 4) is 0 Å². The molecule has 1 aromatic heterocycles. The first-order valence-corrected chi connectivity index (χ1v) is 8.91. The lowest BCUT2D eigenvalue weighted by Gasteiger charge is -2.20. The first kappa shape index (κ1) is 16.8. The minimum Gasteiger partial charge on any atom is -0.361 e. The predicted molar refractivity (Wildman–Crippen MR) is 99.7 cm³/mol. The van der Waals surface area contributed by atoms with E-state index in [9.17, 15) is 4.79 Å². The van der Waals surface area contributed by atoms with Gasteiger partial charge in [-0.25, -0.2) is 0 Å². The number of nitrogens with two attached hydrogens (primary N) is 1. The van der Waals surface area contributed by atoms with E-state index in [0.29, 0.717) is 13.0 Å². The summed E-state index contributed by atoms with van der Waals surface area (Å²) in [5, 5.41) is 4.36. The lowest BCUT2D eigenvalue weighted by molar-refractivity contribution is -0.122. The molecule has 0 aliphatic heterocycles. The average Bonchev–Trinajstić information content (AvgIpc) is 3.01. The quantitative estimate of drug-likeness (QED) is 0.762. The van der Waals surface area contributed by atoms with Crippen molar-refractivity contribution in [2.75, 3.05) is 6.54 Å². The molecule has 0 saturated carbocycles. The molecule has 4 nitrogen and oxygen atoms in total. The van der Waals surface area contributed by atoms with Crippen molar-refractivity contribution < 1.29 is 4.79 Å². The third-order valence-corrected chi connectivity index (χ3v) is 5.00. The van der Waals surface area contributed by atoms with Gasteiger partial charge in [-0.2, -0.15) is 0 Å². The van der Waals surface area contributed by atoms with Gasteiger partial charge in [0.15, 0.2) is 0 Å². The molecule has 0 fully saturated rings. The number of hydrogen-bond acceptors (Lipinski definition) is 2. The van der Waals surface area contributed by atoms with E-state index >= 15 is 0 Å². The Morgan fingerprint density at radius 3 is 3.00 bits per heavy atom. The highest BCUT2D eigenvalue weighted by atomic mass is 16.1. The number of rotatable bonds is 6. The normalized spacial score (nSPS) is 17.9. The third kappa shape index (κ3) is 3.39. The summed E-state index contributed by atoms with van der Waals surface area (Å²) < 4.78 is 0. The SMILES string of the molecule is CC[C@@H](C)NC(=O)CC(/C=C1\CCc2c[nH]c3cccc1c23)CN. The molecule has 1 aliphatic carbocycles. The lowest BCUT2D eigenvalue weighted by atomic mass is 9.86. The zero-order chi connectivity index (χ0) is 17.1. The van der Waals surface area contributed by atoms with Gasteiger partial charge >= 0.3 is 0 Å². The second kappa shape index (κ2) is 7.22. The van der Waals surface area contributed by atoms with Crippen LogP contribution >= 0.6 is 0 Å². The predicted octanol–water partition coefficient (Wildman–Crippen LogP) is 3.38. The molecule has 0 bridgehead atoms. The molecule has 1 aliphatic rings. The first-order valence-electron chi connectivity index (χ1n) is 8.91. The molecule has 1 aromatic carbocycles.